The molecule has 1 amide bonds. The van der Waals surface area contributed by atoms with Gasteiger partial charge >= 0.3 is 0 Å². The van der Waals surface area contributed by atoms with Gasteiger partial charge in [-0.1, -0.05) is 18.3 Å². The summed E-state index contributed by atoms with van der Waals surface area (Å²) in [5, 5.41) is 0.0954. The summed E-state index contributed by atoms with van der Waals surface area (Å²) in [4.78, 5) is 19.0. The smallest absolute Gasteiger partial charge is 0.235 e. The average Bonchev–Trinajstić information content (AvgIpc) is 2.97. The van der Waals surface area contributed by atoms with Crippen molar-refractivity contribution in [2.45, 2.75) is 31.1 Å². The van der Waals surface area contributed by atoms with Gasteiger partial charge in [-0.2, -0.15) is 0 Å². The monoisotopic (exact) mass is 309 g/mol. The molecule has 20 heavy (non-hydrogen) atoms. The molecule has 0 bridgehead atoms. The molecule has 0 saturated carbocycles. The van der Waals surface area contributed by atoms with Gasteiger partial charge in [0.15, 0.2) is 0 Å². The second-order valence-electron chi connectivity index (χ2n) is 4.84. The number of carbonyl (C=O) groups is 1. The van der Waals surface area contributed by atoms with Crippen LogP contribution in [-0.4, -0.2) is 38.3 Å². The fourth-order valence-electron chi connectivity index (χ4n) is 2.20. The number of pyridine rings is 1. The van der Waals surface area contributed by atoms with E-state index in [9.17, 15) is 4.79 Å². The Labute approximate surface area is 129 Å². The maximum absolute atomic E-state index is 12.6. The quantitative estimate of drug-likeness (QED) is 0.814. The molecule has 1 unspecified atom stereocenters. The zero-order chi connectivity index (χ0) is 14.4. The molecule has 0 radical (unpaired) electrons. The highest BCUT2D eigenvalue weighted by Crippen LogP contribution is 2.28. The summed E-state index contributed by atoms with van der Waals surface area (Å²) in [7, 11) is 0. The van der Waals surface area contributed by atoms with Crippen LogP contribution in [0.15, 0.2) is 24.5 Å². The van der Waals surface area contributed by atoms with E-state index in [1.54, 1.807) is 24.2 Å². The third-order valence-electron chi connectivity index (χ3n) is 3.24. The van der Waals surface area contributed by atoms with Crippen LogP contribution in [-0.2, 0) is 11.3 Å². The summed E-state index contributed by atoms with van der Waals surface area (Å²) in [6.07, 6.45) is 6.19. The van der Waals surface area contributed by atoms with Gasteiger partial charge in [0.2, 0.25) is 5.91 Å². The van der Waals surface area contributed by atoms with Crippen LogP contribution < -0.4 is 5.73 Å². The number of thiocarbonyl (C=S) groups is 1. The predicted octanol–water partition coefficient (Wildman–Crippen LogP) is 1.98. The van der Waals surface area contributed by atoms with Gasteiger partial charge in [0.25, 0.3) is 0 Å². The van der Waals surface area contributed by atoms with Crippen LogP contribution in [0.2, 0.25) is 0 Å². The maximum atomic E-state index is 12.6. The van der Waals surface area contributed by atoms with Crippen LogP contribution in [0.3, 0.4) is 0 Å². The number of nitrogens with zero attached hydrogens (tertiary/aromatic N) is 2. The first-order chi connectivity index (χ1) is 9.66. The van der Waals surface area contributed by atoms with E-state index in [0.717, 1.165) is 24.2 Å². The molecule has 1 aliphatic heterocycles. The third kappa shape index (κ3) is 4.45. The van der Waals surface area contributed by atoms with Gasteiger partial charge in [-0.05, 0) is 30.2 Å². The highest BCUT2D eigenvalue weighted by atomic mass is 32.2. The first-order valence-electron chi connectivity index (χ1n) is 6.74. The standard InChI is InChI=1S/C14H19N3OS2/c15-13(19)5-7-17(10-11-3-1-6-16-9-11)14(18)12-4-2-8-20-12/h1,3,6,9,12H,2,4-5,7-8,10H2,(H2,15,19). The summed E-state index contributed by atoms with van der Waals surface area (Å²) in [6, 6.07) is 3.87. The van der Waals surface area contributed by atoms with E-state index in [1.165, 1.54) is 0 Å². The molecular weight excluding hydrogens is 290 g/mol. The Morgan fingerprint density at radius 3 is 3.05 bits per heavy atom. The molecule has 1 fully saturated rings. The van der Waals surface area contributed by atoms with Crippen molar-refractivity contribution in [3.8, 4) is 0 Å². The highest BCUT2D eigenvalue weighted by Gasteiger charge is 2.27. The lowest BCUT2D eigenvalue weighted by Gasteiger charge is -2.25. The van der Waals surface area contributed by atoms with Crippen molar-refractivity contribution >= 4 is 34.9 Å². The molecular formula is C14H19N3OS2. The van der Waals surface area contributed by atoms with E-state index in [2.05, 4.69) is 4.98 Å². The number of aromatic nitrogens is 1. The van der Waals surface area contributed by atoms with E-state index >= 15 is 0 Å². The minimum atomic E-state index is 0.0954. The summed E-state index contributed by atoms with van der Waals surface area (Å²) < 4.78 is 0. The fourth-order valence-corrected chi connectivity index (χ4v) is 3.53. The van der Waals surface area contributed by atoms with Crippen molar-refractivity contribution in [1.29, 1.82) is 0 Å². The van der Waals surface area contributed by atoms with Crippen molar-refractivity contribution in [2.24, 2.45) is 5.73 Å². The third-order valence-corrected chi connectivity index (χ3v) is 4.81. The fraction of sp³-hybridized carbons (Fsp3) is 0.500. The number of nitrogens with two attached hydrogens (primary N) is 1. The molecule has 6 heteroatoms. The van der Waals surface area contributed by atoms with Gasteiger partial charge in [0.1, 0.15) is 0 Å². The minimum absolute atomic E-state index is 0.0954. The molecule has 4 nitrogen and oxygen atoms in total. The summed E-state index contributed by atoms with van der Waals surface area (Å²) in [5.74, 6) is 1.28. The van der Waals surface area contributed by atoms with Crippen molar-refractivity contribution in [2.75, 3.05) is 12.3 Å². The molecule has 0 spiro atoms. The number of rotatable bonds is 6. The van der Waals surface area contributed by atoms with Crippen molar-refractivity contribution < 1.29 is 4.79 Å². The molecule has 1 aromatic heterocycles. The largest absolute Gasteiger partial charge is 0.393 e. The molecule has 2 N–H and O–H groups in total. The van der Waals surface area contributed by atoms with Gasteiger partial charge in [-0.15, -0.1) is 11.8 Å². The van der Waals surface area contributed by atoms with Gasteiger partial charge in [-0.25, -0.2) is 0 Å². The van der Waals surface area contributed by atoms with Crippen molar-refractivity contribution in [1.82, 2.24) is 9.88 Å². The van der Waals surface area contributed by atoms with E-state index in [4.69, 9.17) is 18.0 Å². The Bertz CT molecular complexity index is 461. The van der Waals surface area contributed by atoms with Crippen LogP contribution in [0.5, 0.6) is 0 Å². The van der Waals surface area contributed by atoms with Crippen LogP contribution >= 0.6 is 24.0 Å². The molecule has 1 aliphatic rings. The SMILES string of the molecule is NC(=S)CCN(Cc1cccnc1)C(=O)C1CCCS1. The minimum Gasteiger partial charge on any atom is -0.393 e. The van der Waals surface area contributed by atoms with Gasteiger partial charge in [-0.3, -0.25) is 9.78 Å². The van der Waals surface area contributed by atoms with Crippen molar-refractivity contribution in [3.05, 3.63) is 30.1 Å². The lowest BCUT2D eigenvalue weighted by Crippen LogP contribution is -2.38. The Kier molecular flexibility index (Phi) is 5.79. The Morgan fingerprint density at radius 1 is 1.60 bits per heavy atom. The van der Waals surface area contributed by atoms with E-state index in [1.807, 2.05) is 17.0 Å². The van der Waals surface area contributed by atoms with Crippen LogP contribution in [0.25, 0.3) is 0 Å². The van der Waals surface area contributed by atoms with Crippen LogP contribution in [0, 0.1) is 0 Å². The number of hydrogen-bond donors (Lipinski definition) is 1. The van der Waals surface area contributed by atoms with E-state index in [-0.39, 0.29) is 11.2 Å². The first kappa shape index (κ1) is 15.3. The topological polar surface area (TPSA) is 59.2 Å². The number of thioether (sulfide) groups is 1. The summed E-state index contributed by atoms with van der Waals surface area (Å²) in [5.41, 5.74) is 6.60. The lowest BCUT2D eigenvalue weighted by molar-refractivity contribution is -0.131. The Morgan fingerprint density at radius 2 is 2.45 bits per heavy atom. The predicted molar refractivity (Wildman–Crippen MR) is 86.5 cm³/mol. The molecule has 0 aromatic carbocycles. The molecule has 1 aromatic rings. The van der Waals surface area contributed by atoms with Crippen LogP contribution in [0.4, 0.5) is 0 Å². The summed E-state index contributed by atoms with van der Waals surface area (Å²) in [6.45, 7) is 1.16. The van der Waals surface area contributed by atoms with Gasteiger partial charge < -0.3 is 10.6 Å². The Balaban J connectivity index is 2.03. The van der Waals surface area contributed by atoms with E-state index < -0.39 is 0 Å². The zero-order valence-corrected chi connectivity index (χ0v) is 13.0. The second kappa shape index (κ2) is 7.59. The number of amides is 1. The zero-order valence-electron chi connectivity index (χ0n) is 11.3. The van der Waals surface area contributed by atoms with Gasteiger partial charge in [0.05, 0.1) is 10.2 Å². The maximum Gasteiger partial charge on any atom is 0.235 e. The number of hydrogen-bond acceptors (Lipinski definition) is 4. The normalized spacial score (nSPS) is 17.9. The molecule has 108 valence electrons. The lowest BCUT2D eigenvalue weighted by atomic mass is 10.2. The molecule has 2 rings (SSSR count). The second-order valence-corrected chi connectivity index (χ2v) is 6.67. The first-order valence-corrected chi connectivity index (χ1v) is 8.20. The summed E-state index contributed by atoms with van der Waals surface area (Å²) >= 11 is 6.67. The average molecular weight is 309 g/mol. The number of carbonyl (C=O) groups excluding carboxylic acids is 1. The van der Waals surface area contributed by atoms with Crippen molar-refractivity contribution in [3.63, 3.8) is 0 Å². The molecule has 1 saturated heterocycles. The molecule has 0 aliphatic carbocycles. The molecule has 2 heterocycles. The van der Waals surface area contributed by atoms with Gasteiger partial charge in [0, 0.05) is 31.9 Å². The van der Waals surface area contributed by atoms with E-state index in [0.29, 0.717) is 24.5 Å². The van der Waals surface area contributed by atoms with Crippen LogP contribution in [0.1, 0.15) is 24.8 Å². The highest BCUT2D eigenvalue weighted by molar-refractivity contribution is 8.00. The Hall–Kier alpha value is -1.14. The molecule has 1 atom stereocenters.